The van der Waals surface area contributed by atoms with Crippen LogP contribution in [0.2, 0.25) is 0 Å². The summed E-state index contributed by atoms with van der Waals surface area (Å²) in [4.78, 5) is 0.220. The van der Waals surface area contributed by atoms with Crippen molar-refractivity contribution in [2.45, 2.75) is 18.4 Å². The molecular weight excluding hydrogens is 350 g/mol. The van der Waals surface area contributed by atoms with Crippen LogP contribution >= 0.6 is 0 Å². The fourth-order valence-electron chi connectivity index (χ4n) is 2.71. The minimum absolute atomic E-state index is 0.220. The van der Waals surface area contributed by atoms with Crippen molar-refractivity contribution in [3.8, 4) is 17.2 Å². The number of aryl methyl sites for hydroxylation is 1. The van der Waals surface area contributed by atoms with Gasteiger partial charge in [-0.1, -0.05) is 29.8 Å². The van der Waals surface area contributed by atoms with Gasteiger partial charge in [0, 0.05) is 11.3 Å². The Bertz CT molecular complexity index is 1060. The van der Waals surface area contributed by atoms with E-state index in [0.29, 0.717) is 29.5 Å². The molecule has 0 unspecified atom stereocenters. The summed E-state index contributed by atoms with van der Waals surface area (Å²) in [5.74, 6) is 1.94. The van der Waals surface area contributed by atoms with Gasteiger partial charge in [-0.15, -0.1) is 0 Å². The van der Waals surface area contributed by atoms with Crippen LogP contribution in [0.5, 0.6) is 17.2 Å². The SMILES string of the molecule is Cc1ccc(S(=O)(=O)Nc2ccc3c(c2)COc2ccccc2O3)cc1. The Balaban J connectivity index is 1.61. The highest BCUT2D eigenvalue weighted by molar-refractivity contribution is 7.92. The van der Waals surface area contributed by atoms with Crippen molar-refractivity contribution < 1.29 is 17.9 Å². The maximum absolute atomic E-state index is 12.6. The number of hydrogen-bond donors (Lipinski definition) is 1. The Hall–Kier alpha value is -2.99. The average Bonchev–Trinajstić information content (AvgIpc) is 2.81. The van der Waals surface area contributed by atoms with E-state index < -0.39 is 10.0 Å². The van der Waals surface area contributed by atoms with Gasteiger partial charge < -0.3 is 9.47 Å². The molecule has 3 aromatic carbocycles. The van der Waals surface area contributed by atoms with Crippen molar-refractivity contribution in [3.05, 3.63) is 77.9 Å². The second-order valence-electron chi connectivity index (χ2n) is 6.08. The molecule has 132 valence electrons. The van der Waals surface area contributed by atoms with Crippen LogP contribution in [-0.2, 0) is 16.6 Å². The number of nitrogens with one attached hydrogen (secondary N) is 1. The van der Waals surface area contributed by atoms with Crippen molar-refractivity contribution in [2.75, 3.05) is 4.72 Å². The third-order valence-corrected chi connectivity index (χ3v) is 5.49. The number of fused-ring (bicyclic) bond motifs is 2. The molecule has 0 atom stereocenters. The van der Waals surface area contributed by atoms with Crippen LogP contribution in [0.1, 0.15) is 11.1 Å². The van der Waals surface area contributed by atoms with Crippen LogP contribution < -0.4 is 14.2 Å². The Morgan fingerprint density at radius 1 is 0.885 bits per heavy atom. The number of ether oxygens (including phenoxy) is 2. The first kappa shape index (κ1) is 16.5. The number of benzene rings is 3. The highest BCUT2D eigenvalue weighted by Crippen LogP contribution is 2.38. The number of rotatable bonds is 3. The van der Waals surface area contributed by atoms with Crippen LogP contribution in [0.15, 0.2) is 71.6 Å². The zero-order chi connectivity index (χ0) is 18.1. The lowest BCUT2D eigenvalue weighted by Gasteiger charge is -2.11. The number of sulfonamides is 1. The van der Waals surface area contributed by atoms with Crippen molar-refractivity contribution in [1.82, 2.24) is 0 Å². The van der Waals surface area contributed by atoms with Gasteiger partial charge in [-0.2, -0.15) is 0 Å². The first-order valence-electron chi connectivity index (χ1n) is 8.13. The van der Waals surface area contributed by atoms with E-state index in [4.69, 9.17) is 9.47 Å². The average molecular weight is 367 g/mol. The van der Waals surface area contributed by atoms with Gasteiger partial charge in [-0.05, 0) is 49.4 Å². The standard InChI is InChI=1S/C20H17NO4S/c1-14-6-9-17(10-7-14)26(22,23)21-16-8-11-18-15(12-16)13-24-19-4-2-3-5-20(19)25-18/h2-12,21H,13H2,1H3. The first-order valence-corrected chi connectivity index (χ1v) is 9.62. The minimum Gasteiger partial charge on any atom is -0.485 e. The Labute approximate surface area is 152 Å². The first-order chi connectivity index (χ1) is 12.5. The fraction of sp³-hybridized carbons (Fsp3) is 0.100. The van der Waals surface area contributed by atoms with E-state index in [2.05, 4.69) is 4.72 Å². The number of para-hydroxylation sites is 2. The largest absolute Gasteiger partial charge is 0.485 e. The molecule has 26 heavy (non-hydrogen) atoms. The monoisotopic (exact) mass is 367 g/mol. The van der Waals surface area contributed by atoms with Crippen LogP contribution in [0.25, 0.3) is 0 Å². The van der Waals surface area contributed by atoms with Gasteiger partial charge in [-0.3, -0.25) is 4.72 Å². The summed E-state index contributed by atoms with van der Waals surface area (Å²) in [5, 5.41) is 0. The second-order valence-corrected chi connectivity index (χ2v) is 7.76. The molecular formula is C20H17NO4S. The summed E-state index contributed by atoms with van der Waals surface area (Å²) in [6.07, 6.45) is 0. The summed E-state index contributed by atoms with van der Waals surface area (Å²) >= 11 is 0. The van der Waals surface area contributed by atoms with Crippen molar-refractivity contribution >= 4 is 15.7 Å². The molecule has 1 heterocycles. The topological polar surface area (TPSA) is 64.6 Å². The minimum atomic E-state index is -3.65. The lowest BCUT2D eigenvalue weighted by Crippen LogP contribution is -2.13. The van der Waals surface area contributed by atoms with Gasteiger partial charge in [0.25, 0.3) is 10.0 Å². The third kappa shape index (κ3) is 3.23. The highest BCUT2D eigenvalue weighted by atomic mass is 32.2. The zero-order valence-corrected chi connectivity index (χ0v) is 14.9. The molecule has 1 aliphatic rings. The van der Waals surface area contributed by atoms with Gasteiger partial charge in [0.2, 0.25) is 0 Å². The van der Waals surface area contributed by atoms with Crippen LogP contribution in [0.4, 0.5) is 5.69 Å². The normalized spacial score (nSPS) is 12.8. The molecule has 1 aliphatic heterocycles. The molecule has 0 saturated heterocycles. The van der Waals surface area contributed by atoms with Crippen LogP contribution in [0, 0.1) is 6.92 Å². The lowest BCUT2D eigenvalue weighted by atomic mass is 10.2. The molecule has 0 amide bonds. The van der Waals surface area contributed by atoms with E-state index in [0.717, 1.165) is 11.1 Å². The summed E-state index contributed by atoms with van der Waals surface area (Å²) in [7, 11) is -3.65. The summed E-state index contributed by atoms with van der Waals surface area (Å²) in [6, 6.07) is 19.3. The predicted molar refractivity (Wildman–Crippen MR) is 99.3 cm³/mol. The third-order valence-electron chi connectivity index (χ3n) is 4.10. The van der Waals surface area contributed by atoms with Gasteiger partial charge in [-0.25, -0.2) is 8.42 Å². The molecule has 6 heteroatoms. The Morgan fingerprint density at radius 3 is 2.38 bits per heavy atom. The molecule has 0 aromatic heterocycles. The molecule has 0 bridgehead atoms. The second kappa shape index (κ2) is 6.38. The molecule has 3 aromatic rings. The van der Waals surface area contributed by atoms with E-state index in [1.807, 2.05) is 31.2 Å². The molecule has 0 aliphatic carbocycles. The van der Waals surface area contributed by atoms with Crippen LogP contribution in [-0.4, -0.2) is 8.42 Å². The zero-order valence-electron chi connectivity index (χ0n) is 14.1. The van der Waals surface area contributed by atoms with Crippen molar-refractivity contribution in [2.24, 2.45) is 0 Å². The molecule has 0 fully saturated rings. The molecule has 0 spiro atoms. The number of hydrogen-bond acceptors (Lipinski definition) is 4. The van der Waals surface area contributed by atoms with E-state index in [-0.39, 0.29) is 4.90 Å². The highest BCUT2D eigenvalue weighted by Gasteiger charge is 2.18. The van der Waals surface area contributed by atoms with Gasteiger partial charge in [0.05, 0.1) is 4.90 Å². The number of anilines is 1. The molecule has 5 nitrogen and oxygen atoms in total. The summed E-state index contributed by atoms with van der Waals surface area (Å²) in [6.45, 7) is 2.21. The van der Waals surface area contributed by atoms with E-state index in [9.17, 15) is 8.42 Å². The van der Waals surface area contributed by atoms with E-state index >= 15 is 0 Å². The molecule has 4 rings (SSSR count). The Morgan fingerprint density at radius 2 is 1.62 bits per heavy atom. The van der Waals surface area contributed by atoms with E-state index in [1.165, 1.54) is 0 Å². The van der Waals surface area contributed by atoms with Crippen molar-refractivity contribution in [1.29, 1.82) is 0 Å². The lowest BCUT2D eigenvalue weighted by molar-refractivity contribution is 0.307. The molecule has 1 N–H and O–H groups in total. The molecule has 0 saturated carbocycles. The smallest absolute Gasteiger partial charge is 0.261 e. The molecule has 0 radical (unpaired) electrons. The Kier molecular flexibility index (Phi) is 4.05. The summed E-state index contributed by atoms with van der Waals surface area (Å²) < 4.78 is 39.4. The van der Waals surface area contributed by atoms with Gasteiger partial charge in [0.15, 0.2) is 11.5 Å². The van der Waals surface area contributed by atoms with Crippen molar-refractivity contribution in [3.63, 3.8) is 0 Å². The fourth-order valence-corrected chi connectivity index (χ4v) is 3.76. The quantitative estimate of drug-likeness (QED) is 0.741. The van der Waals surface area contributed by atoms with Gasteiger partial charge >= 0.3 is 0 Å². The maximum atomic E-state index is 12.6. The maximum Gasteiger partial charge on any atom is 0.261 e. The predicted octanol–water partition coefficient (Wildman–Crippen LogP) is 4.48. The summed E-state index contributed by atoms with van der Waals surface area (Å²) in [5.41, 5.74) is 2.23. The van der Waals surface area contributed by atoms with Gasteiger partial charge in [0.1, 0.15) is 12.4 Å². The van der Waals surface area contributed by atoms with Crippen LogP contribution in [0.3, 0.4) is 0 Å². The van der Waals surface area contributed by atoms with E-state index in [1.54, 1.807) is 42.5 Å².